The molecule has 146 valence electrons. The van der Waals surface area contributed by atoms with Gasteiger partial charge in [-0.2, -0.15) is 5.10 Å². The minimum atomic E-state index is -0.0266. The van der Waals surface area contributed by atoms with Crippen molar-refractivity contribution in [3.63, 3.8) is 0 Å². The van der Waals surface area contributed by atoms with Crippen molar-refractivity contribution in [3.8, 4) is 0 Å². The van der Waals surface area contributed by atoms with E-state index in [4.69, 9.17) is 4.98 Å². The zero-order valence-electron chi connectivity index (χ0n) is 15.8. The van der Waals surface area contributed by atoms with Crippen LogP contribution >= 0.6 is 24.8 Å². The number of hydrogen-bond donors (Lipinski definition) is 2. The van der Waals surface area contributed by atoms with Gasteiger partial charge in [0.15, 0.2) is 5.65 Å². The van der Waals surface area contributed by atoms with Crippen molar-refractivity contribution in [1.82, 2.24) is 25.4 Å². The first-order chi connectivity index (χ1) is 11.5. The number of amides is 1. The molecule has 6 nitrogen and oxygen atoms in total. The summed E-state index contributed by atoms with van der Waals surface area (Å²) in [6, 6.07) is 2.32. The summed E-state index contributed by atoms with van der Waals surface area (Å²) in [5.74, 6) is 0.231. The largest absolute Gasteiger partial charge is 0.348 e. The van der Waals surface area contributed by atoms with E-state index >= 15 is 0 Å². The van der Waals surface area contributed by atoms with Crippen LogP contribution in [0.3, 0.4) is 0 Å². The van der Waals surface area contributed by atoms with E-state index in [1.165, 1.54) is 0 Å². The zero-order valence-corrected chi connectivity index (χ0v) is 17.4. The second-order valence-electron chi connectivity index (χ2n) is 7.19. The first-order valence-electron chi connectivity index (χ1n) is 8.87. The molecule has 0 aliphatic carbocycles. The number of pyridine rings is 1. The fourth-order valence-corrected chi connectivity index (χ4v) is 3.14. The van der Waals surface area contributed by atoms with E-state index < -0.39 is 0 Å². The Morgan fingerprint density at radius 1 is 1.31 bits per heavy atom. The van der Waals surface area contributed by atoms with Crippen LogP contribution in [-0.4, -0.2) is 39.8 Å². The molecule has 1 aliphatic heterocycles. The van der Waals surface area contributed by atoms with E-state index in [-0.39, 0.29) is 48.7 Å². The van der Waals surface area contributed by atoms with Crippen LogP contribution in [0, 0.1) is 0 Å². The summed E-state index contributed by atoms with van der Waals surface area (Å²) in [7, 11) is 0. The Morgan fingerprint density at radius 3 is 2.62 bits per heavy atom. The lowest BCUT2D eigenvalue weighted by atomic mass is 10.0. The van der Waals surface area contributed by atoms with Crippen LogP contribution in [-0.2, 0) is 0 Å². The average Bonchev–Trinajstić information content (AvgIpc) is 2.98. The van der Waals surface area contributed by atoms with Crippen molar-refractivity contribution < 1.29 is 4.79 Å². The molecule has 3 rings (SSSR count). The third kappa shape index (κ3) is 4.67. The lowest BCUT2D eigenvalue weighted by molar-refractivity contribution is 0.0932. The summed E-state index contributed by atoms with van der Waals surface area (Å²) in [6.45, 7) is 10.2. The van der Waals surface area contributed by atoms with E-state index in [0.29, 0.717) is 5.56 Å². The number of halogens is 2. The third-order valence-electron chi connectivity index (χ3n) is 4.54. The number of carbonyl (C=O) groups is 1. The Bertz CT molecular complexity index is 739. The highest BCUT2D eigenvalue weighted by Crippen LogP contribution is 2.24. The molecule has 1 aliphatic rings. The van der Waals surface area contributed by atoms with Crippen LogP contribution < -0.4 is 10.6 Å². The quantitative estimate of drug-likeness (QED) is 0.822. The SMILES string of the molecule is CC(C)c1cc(C(=O)N[C@H]2CCCNC2)c2cnn(C(C)C)c2n1.Cl.Cl. The number of nitrogens with zero attached hydrogens (tertiary/aromatic N) is 3. The molecule has 26 heavy (non-hydrogen) atoms. The fourth-order valence-electron chi connectivity index (χ4n) is 3.14. The molecule has 0 aromatic carbocycles. The normalized spacial score (nSPS) is 17.1. The van der Waals surface area contributed by atoms with Gasteiger partial charge in [0.1, 0.15) is 0 Å². The van der Waals surface area contributed by atoms with Crippen molar-refractivity contribution in [2.75, 3.05) is 13.1 Å². The minimum Gasteiger partial charge on any atom is -0.348 e. The Labute approximate surface area is 167 Å². The predicted octanol–water partition coefficient (Wildman–Crippen LogP) is 3.46. The lowest BCUT2D eigenvalue weighted by Crippen LogP contribution is -2.45. The van der Waals surface area contributed by atoms with Crippen molar-refractivity contribution in [3.05, 3.63) is 23.5 Å². The summed E-state index contributed by atoms with van der Waals surface area (Å²) in [4.78, 5) is 17.6. The molecule has 8 heteroatoms. The maximum atomic E-state index is 12.9. The van der Waals surface area contributed by atoms with Crippen molar-refractivity contribution in [1.29, 1.82) is 0 Å². The molecular formula is C18H29Cl2N5O. The third-order valence-corrected chi connectivity index (χ3v) is 4.54. The molecule has 0 unspecified atom stereocenters. The van der Waals surface area contributed by atoms with Gasteiger partial charge in [0.25, 0.3) is 5.91 Å². The zero-order chi connectivity index (χ0) is 17.3. The molecule has 0 radical (unpaired) electrons. The number of carbonyl (C=O) groups excluding carboxylic acids is 1. The van der Waals surface area contributed by atoms with Crippen molar-refractivity contribution in [2.24, 2.45) is 0 Å². The molecule has 2 N–H and O–H groups in total. The van der Waals surface area contributed by atoms with Crippen molar-refractivity contribution in [2.45, 2.75) is 58.5 Å². The van der Waals surface area contributed by atoms with Crippen LogP contribution in [0.1, 0.15) is 68.5 Å². The first kappa shape index (κ1) is 22.7. The van der Waals surface area contributed by atoms with Gasteiger partial charge in [-0.25, -0.2) is 9.67 Å². The van der Waals surface area contributed by atoms with E-state index in [2.05, 4.69) is 43.4 Å². The minimum absolute atomic E-state index is 0. The molecule has 1 amide bonds. The predicted molar refractivity (Wildman–Crippen MR) is 110 cm³/mol. The van der Waals surface area contributed by atoms with Crippen LogP contribution in [0.2, 0.25) is 0 Å². The summed E-state index contributed by atoms with van der Waals surface area (Å²) in [5.41, 5.74) is 2.40. The molecule has 0 bridgehead atoms. The number of hydrogen-bond acceptors (Lipinski definition) is 4. The van der Waals surface area contributed by atoms with Crippen LogP contribution in [0.5, 0.6) is 0 Å². The van der Waals surface area contributed by atoms with Gasteiger partial charge in [0.05, 0.1) is 17.1 Å². The van der Waals surface area contributed by atoms with E-state index in [1.807, 2.05) is 10.7 Å². The second-order valence-corrected chi connectivity index (χ2v) is 7.19. The first-order valence-corrected chi connectivity index (χ1v) is 8.87. The van der Waals surface area contributed by atoms with Crippen LogP contribution in [0.4, 0.5) is 0 Å². The van der Waals surface area contributed by atoms with Crippen LogP contribution in [0.15, 0.2) is 12.3 Å². The lowest BCUT2D eigenvalue weighted by Gasteiger charge is -2.24. The fraction of sp³-hybridized carbons (Fsp3) is 0.611. The number of fused-ring (bicyclic) bond motifs is 1. The number of piperidine rings is 1. The van der Waals surface area contributed by atoms with E-state index in [1.54, 1.807) is 6.20 Å². The second kappa shape index (κ2) is 9.53. The highest BCUT2D eigenvalue weighted by Gasteiger charge is 2.21. The van der Waals surface area contributed by atoms with Gasteiger partial charge < -0.3 is 10.6 Å². The molecule has 1 atom stereocenters. The van der Waals surface area contributed by atoms with E-state index in [9.17, 15) is 4.79 Å². The van der Waals surface area contributed by atoms with Crippen LogP contribution in [0.25, 0.3) is 11.0 Å². The molecule has 3 heterocycles. The summed E-state index contributed by atoms with van der Waals surface area (Å²) >= 11 is 0. The molecule has 0 saturated carbocycles. The summed E-state index contributed by atoms with van der Waals surface area (Å²) < 4.78 is 1.89. The Morgan fingerprint density at radius 2 is 2.04 bits per heavy atom. The number of nitrogens with one attached hydrogen (secondary N) is 2. The molecule has 2 aromatic heterocycles. The maximum Gasteiger partial charge on any atom is 0.252 e. The van der Waals surface area contributed by atoms with Gasteiger partial charge in [0, 0.05) is 24.3 Å². The van der Waals surface area contributed by atoms with Gasteiger partial charge in [-0.3, -0.25) is 4.79 Å². The smallest absolute Gasteiger partial charge is 0.252 e. The molecule has 0 spiro atoms. The number of rotatable bonds is 4. The molecule has 1 saturated heterocycles. The van der Waals surface area contributed by atoms with Crippen molar-refractivity contribution >= 4 is 41.8 Å². The Hall–Kier alpha value is -1.37. The number of aromatic nitrogens is 3. The Balaban J connectivity index is 0.00000169. The monoisotopic (exact) mass is 401 g/mol. The molecular weight excluding hydrogens is 373 g/mol. The van der Waals surface area contributed by atoms with Gasteiger partial charge in [-0.05, 0) is 45.2 Å². The summed E-state index contributed by atoms with van der Waals surface area (Å²) in [6.07, 6.45) is 3.88. The van der Waals surface area contributed by atoms with Gasteiger partial charge in [-0.15, -0.1) is 24.8 Å². The molecule has 2 aromatic rings. The molecule has 1 fully saturated rings. The maximum absolute atomic E-state index is 12.9. The van der Waals surface area contributed by atoms with Gasteiger partial charge in [0.2, 0.25) is 0 Å². The highest BCUT2D eigenvalue weighted by atomic mass is 35.5. The van der Waals surface area contributed by atoms with E-state index in [0.717, 1.165) is 42.7 Å². The topological polar surface area (TPSA) is 71.8 Å². The highest BCUT2D eigenvalue weighted by molar-refractivity contribution is 6.05. The Kier molecular flexibility index (Phi) is 8.31. The van der Waals surface area contributed by atoms with Gasteiger partial charge in [-0.1, -0.05) is 13.8 Å². The summed E-state index contributed by atoms with van der Waals surface area (Å²) in [5, 5.41) is 11.8. The average molecular weight is 402 g/mol. The standard InChI is InChI=1S/C18H27N5O.2ClH/c1-11(2)16-8-14(18(24)21-13-6-5-7-19-9-13)15-10-20-23(12(3)4)17(15)22-16;;/h8,10-13,19H,5-7,9H2,1-4H3,(H,21,24);2*1H/t13-;;/m0../s1. The van der Waals surface area contributed by atoms with Gasteiger partial charge >= 0.3 is 0 Å².